The highest BCUT2D eigenvalue weighted by molar-refractivity contribution is 6.31. The standard InChI is InChI=1S/C32H31Cl2F2N3O3/c1-5-42-30(41)18-8-6-9-20(14-18)38-29(40)28-26(21-10-7-11-23(34)27(21)36)32(17-37,25(39-28)16-31(2,3)4)22-13-12-19(33)15-24(22)35/h6-15,25-26,28,39H,5,16H2,1-4H3,(H,38,40)/t25-,26-,28+,32-/m0/s1. The molecule has 10 heteroatoms. The van der Waals surface area contributed by atoms with Gasteiger partial charge in [0, 0.05) is 28.2 Å². The third kappa shape index (κ3) is 6.14. The van der Waals surface area contributed by atoms with Crippen LogP contribution < -0.4 is 10.6 Å². The molecule has 0 aromatic heterocycles. The number of anilines is 1. The normalized spacial score (nSPS) is 21.9. The van der Waals surface area contributed by atoms with Crippen molar-refractivity contribution in [2.45, 2.75) is 57.5 Å². The molecule has 0 spiro atoms. The fraction of sp³-hybridized carbons (Fsp3) is 0.344. The Balaban J connectivity index is 1.90. The lowest BCUT2D eigenvalue weighted by Crippen LogP contribution is -2.45. The number of carbonyl (C=O) groups is 2. The van der Waals surface area contributed by atoms with E-state index in [9.17, 15) is 14.9 Å². The Morgan fingerprint density at radius 3 is 2.45 bits per heavy atom. The van der Waals surface area contributed by atoms with E-state index in [1.807, 2.05) is 20.8 Å². The van der Waals surface area contributed by atoms with Gasteiger partial charge in [-0.05, 0) is 60.7 Å². The van der Waals surface area contributed by atoms with Crippen LogP contribution in [0.15, 0.2) is 60.7 Å². The molecule has 2 N–H and O–H groups in total. The monoisotopic (exact) mass is 613 g/mol. The summed E-state index contributed by atoms with van der Waals surface area (Å²) in [6, 6.07) is 14.8. The van der Waals surface area contributed by atoms with Crippen LogP contribution >= 0.6 is 23.2 Å². The lowest BCUT2D eigenvalue weighted by atomic mass is 9.62. The largest absolute Gasteiger partial charge is 0.462 e. The van der Waals surface area contributed by atoms with E-state index < -0.39 is 46.9 Å². The molecule has 1 aliphatic rings. The topological polar surface area (TPSA) is 91.2 Å². The van der Waals surface area contributed by atoms with E-state index in [4.69, 9.17) is 27.9 Å². The summed E-state index contributed by atoms with van der Waals surface area (Å²) < 4.78 is 36.6. The number of nitrogens with one attached hydrogen (secondary N) is 2. The maximum Gasteiger partial charge on any atom is 0.338 e. The zero-order valence-corrected chi connectivity index (χ0v) is 25.1. The van der Waals surface area contributed by atoms with Crippen LogP contribution in [0.3, 0.4) is 0 Å². The Morgan fingerprint density at radius 2 is 1.81 bits per heavy atom. The minimum atomic E-state index is -1.75. The summed E-state index contributed by atoms with van der Waals surface area (Å²) in [6.07, 6.45) is 0.337. The summed E-state index contributed by atoms with van der Waals surface area (Å²) in [4.78, 5) is 26.3. The van der Waals surface area contributed by atoms with Gasteiger partial charge in [-0.1, -0.05) is 68.2 Å². The minimum absolute atomic E-state index is 0.0114. The molecule has 4 rings (SSSR count). The molecule has 0 saturated carbocycles. The quantitative estimate of drug-likeness (QED) is 0.271. The van der Waals surface area contributed by atoms with E-state index >= 15 is 8.78 Å². The Kier molecular flexibility index (Phi) is 9.27. The highest BCUT2D eigenvalue weighted by Gasteiger charge is 2.61. The van der Waals surface area contributed by atoms with Gasteiger partial charge in [0.25, 0.3) is 0 Å². The van der Waals surface area contributed by atoms with Gasteiger partial charge in [-0.3, -0.25) is 4.79 Å². The van der Waals surface area contributed by atoms with Gasteiger partial charge >= 0.3 is 5.97 Å². The molecule has 1 aliphatic heterocycles. The molecule has 42 heavy (non-hydrogen) atoms. The Labute approximate surface area is 254 Å². The Morgan fingerprint density at radius 1 is 1.10 bits per heavy atom. The third-order valence-electron chi connectivity index (χ3n) is 7.37. The fourth-order valence-corrected chi connectivity index (χ4v) is 6.06. The number of nitrogens with zero attached hydrogens (tertiary/aromatic N) is 1. The lowest BCUT2D eigenvalue weighted by molar-refractivity contribution is -0.118. The van der Waals surface area contributed by atoms with Crippen LogP contribution in [0.5, 0.6) is 0 Å². The molecule has 0 radical (unpaired) electrons. The van der Waals surface area contributed by atoms with Crippen LogP contribution in [0, 0.1) is 28.4 Å². The van der Waals surface area contributed by atoms with Gasteiger partial charge < -0.3 is 15.4 Å². The van der Waals surface area contributed by atoms with Crippen molar-refractivity contribution in [1.29, 1.82) is 5.26 Å². The predicted molar refractivity (Wildman–Crippen MR) is 159 cm³/mol. The lowest BCUT2D eigenvalue weighted by Gasteiger charge is -2.37. The molecule has 4 atom stereocenters. The van der Waals surface area contributed by atoms with Gasteiger partial charge in [0.15, 0.2) is 0 Å². The molecule has 220 valence electrons. The number of halogens is 4. The molecular weight excluding hydrogens is 583 g/mol. The fourth-order valence-electron chi connectivity index (χ4n) is 5.72. The molecular formula is C32H31Cl2F2N3O3. The second kappa shape index (κ2) is 12.4. The van der Waals surface area contributed by atoms with Crippen LogP contribution in [-0.2, 0) is 14.9 Å². The average Bonchev–Trinajstić information content (AvgIpc) is 3.23. The first-order valence-corrected chi connectivity index (χ1v) is 14.2. The van der Waals surface area contributed by atoms with Crippen molar-refractivity contribution in [3.63, 3.8) is 0 Å². The van der Waals surface area contributed by atoms with Crippen molar-refractivity contribution >= 4 is 40.8 Å². The van der Waals surface area contributed by atoms with Crippen LogP contribution in [0.25, 0.3) is 0 Å². The van der Waals surface area contributed by atoms with Gasteiger partial charge in [-0.15, -0.1) is 0 Å². The highest BCUT2D eigenvalue weighted by Crippen LogP contribution is 2.52. The number of ether oxygens (including phenoxy) is 1. The first-order valence-electron chi connectivity index (χ1n) is 13.5. The van der Waals surface area contributed by atoms with Crippen molar-refractivity contribution in [2.24, 2.45) is 5.41 Å². The van der Waals surface area contributed by atoms with Crippen molar-refractivity contribution in [1.82, 2.24) is 5.32 Å². The third-order valence-corrected chi connectivity index (χ3v) is 7.90. The first kappa shape index (κ1) is 31.4. The number of carbonyl (C=O) groups excluding carboxylic acids is 2. The summed E-state index contributed by atoms with van der Waals surface area (Å²) in [5, 5.41) is 16.9. The van der Waals surface area contributed by atoms with E-state index in [0.717, 1.165) is 6.07 Å². The second-order valence-corrected chi connectivity index (χ2v) is 12.3. The number of nitriles is 1. The first-order chi connectivity index (χ1) is 19.8. The Hall–Kier alpha value is -3.51. The van der Waals surface area contributed by atoms with Crippen molar-refractivity contribution in [3.05, 3.63) is 99.0 Å². The molecule has 3 aromatic carbocycles. The molecule has 0 aliphatic carbocycles. The molecule has 3 aromatic rings. The average molecular weight is 615 g/mol. The number of hydrogen-bond acceptors (Lipinski definition) is 5. The van der Waals surface area contributed by atoms with Crippen molar-refractivity contribution in [3.8, 4) is 6.07 Å². The smallest absolute Gasteiger partial charge is 0.338 e. The SMILES string of the molecule is CCOC(=O)c1cccc(NC(=O)[C@@H]2N[C@@H](CC(C)(C)C)[C@](C#N)(c3ccc(Cl)cc3F)[C@H]2c2cccc(Cl)c2F)c1. The zero-order chi connectivity index (χ0) is 30.8. The maximum atomic E-state index is 15.8. The number of benzene rings is 3. The van der Waals surface area contributed by atoms with E-state index in [1.165, 1.54) is 36.4 Å². The summed E-state index contributed by atoms with van der Waals surface area (Å²) >= 11 is 12.3. The maximum absolute atomic E-state index is 15.8. The van der Waals surface area contributed by atoms with E-state index in [2.05, 4.69) is 16.7 Å². The molecule has 1 saturated heterocycles. The molecule has 1 fully saturated rings. The van der Waals surface area contributed by atoms with Crippen LogP contribution in [0.4, 0.5) is 14.5 Å². The van der Waals surface area contributed by atoms with E-state index in [-0.39, 0.29) is 44.4 Å². The number of amides is 1. The summed E-state index contributed by atoms with van der Waals surface area (Å²) in [7, 11) is 0. The Bertz CT molecular complexity index is 1550. The number of esters is 1. The summed E-state index contributed by atoms with van der Waals surface area (Å²) in [6.45, 7) is 7.74. The van der Waals surface area contributed by atoms with E-state index in [0.29, 0.717) is 6.42 Å². The van der Waals surface area contributed by atoms with Gasteiger partial charge in [0.05, 0.1) is 29.3 Å². The number of rotatable bonds is 7. The predicted octanol–water partition coefficient (Wildman–Crippen LogP) is 7.41. The van der Waals surface area contributed by atoms with Gasteiger partial charge in [0.1, 0.15) is 17.0 Å². The summed E-state index contributed by atoms with van der Waals surface area (Å²) in [5.41, 5.74) is -1.63. The molecule has 0 bridgehead atoms. The zero-order valence-electron chi connectivity index (χ0n) is 23.6. The highest BCUT2D eigenvalue weighted by atomic mass is 35.5. The second-order valence-electron chi connectivity index (χ2n) is 11.5. The minimum Gasteiger partial charge on any atom is -0.462 e. The van der Waals surface area contributed by atoms with Gasteiger partial charge in [-0.2, -0.15) is 5.26 Å². The van der Waals surface area contributed by atoms with Crippen molar-refractivity contribution in [2.75, 3.05) is 11.9 Å². The molecule has 1 heterocycles. The van der Waals surface area contributed by atoms with Gasteiger partial charge in [0.2, 0.25) is 5.91 Å². The number of hydrogen-bond donors (Lipinski definition) is 2. The van der Waals surface area contributed by atoms with Crippen molar-refractivity contribution < 1.29 is 23.1 Å². The summed E-state index contributed by atoms with van der Waals surface area (Å²) in [5.74, 6) is -3.93. The molecule has 6 nitrogen and oxygen atoms in total. The van der Waals surface area contributed by atoms with Crippen LogP contribution in [0.2, 0.25) is 10.0 Å². The van der Waals surface area contributed by atoms with Gasteiger partial charge in [-0.25, -0.2) is 13.6 Å². The van der Waals surface area contributed by atoms with Crippen LogP contribution in [0.1, 0.15) is 61.5 Å². The molecule has 1 amide bonds. The van der Waals surface area contributed by atoms with Crippen LogP contribution in [-0.4, -0.2) is 30.6 Å². The van der Waals surface area contributed by atoms with E-state index in [1.54, 1.807) is 25.1 Å². The molecule has 0 unspecified atom stereocenters.